The molecule has 0 saturated carbocycles. The van der Waals surface area contributed by atoms with Crippen LogP contribution in [0.4, 0.5) is 22.0 Å². The zero-order chi connectivity index (χ0) is 18.0. The number of halogens is 5. The number of hydroxylamine groups is 2. The van der Waals surface area contributed by atoms with Crippen molar-refractivity contribution >= 4 is 11.9 Å². The van der Waals surface area contributed by atoms with Crippen LogP contribution in [0.1, 0.15) is 20.7 Å². The largest absolute Gasteiger partial charge is 0.369 e. The van der Waals surface area contributed by atoms with Gasteiger partial charge < -0.3 is 4.84 Å². The minimum absolute atomic E-state index is 0.0743. The summed E-state index contributed by atoms with van der Waals surface area (Å²) in [5.74, 6) is -14.5. The van der Waals surface area contributed by atoms with E-state index in [0.29, 0.717) is 5.06 Å². The molecule has 2 aromatic carbocycles. The molecule has 0 bridgehead atoms. The number of rotatable bonds is 2. The summed E-state index contributed by atoms with van der Waals surface area (Å²) in [5.41, 5.74) is -1.72. The molecule has 0 heterocycles. The average molecular weight is 345 g/mol. The maximum Gasteiger partial charge on any atom is 0.369 e. The minimum Gasteiger partial charge on any atom is -0.332 e. The molecule has 9 heteroatoms. The fourth-order valence-electron chi connectivity index (χ4n) is 1.76. The molecule has 0 aliphatic heterocycles. The molecule has 0 aliphatic rings. The molecule has 4 nitrogen and oxygen atoms in total. The number of benzene rings is 2. The Morgan fingerprint density at radius 2 is 1.29 bits per heavy atom. The lowest BCUT2D eigenvalue weighted by Crippen LogP contribution is -2.31. The van der Waals surface area contributed by atoms with Gasteiger partial charge in [-0.1, -0.05) is 18.2 Å². The lowest BCUT2D eigenvalue weighted by molar-refractivity contribution is -0.0666. The van der Waals surface area contributed by atoms with Crippen molar-refractivity contribution in [2.24, 2.45) is 0 Å². The summed E-state index contributed by atoms with van der Waals surface area (Å²) in [5, 5.41) is 0.315. The van der Waals surface area contributed by atoms with Crippen LogP contribution in [0.2, 0.25) is 0 Å². The van der Waals surface area contributed by atoms with Gasteiger partial charge in [-0.3, -0.25) is 4.79 Å². The summed E-state index contributed by atoms with van der Waals surface area (Å²) in [7, 11) is 0.944. The number of amides is 1. The molecule has 0 atom stereocenters. The van der Waals surface area contributed by atoms with Gasteiger partial charge in [0.05, 0.1) is 0 Å². The van der Waals surface area contributed by atoms with Gasteiger partial charge in [-0.25, -0.2) is 26.7 Å². The van der Waals surface area contributed by atoms with Crippen LogP contribution in [-0.2, 0) is 4.84 Å². The van der Waals surface area contributed by atoms with Gasteiger partial charge >= 0.3 is 5.97 Å². The first kappa shape index (κ1) is 17.4. The zero-order valence-corrected chi connectivity index (χ0v) is 11.9. The number of carbonyl (C=O) groups excluding carboxylic acids is 2. The molecule has 0 aromatic heterocycles. The van der Waals surface area contributed by atoms with E-state index in [9.17, 15) is 31.5 Å². The summed E-state index contributed by atoms with van der Waals surface area (Å²) in [4.78, 5) is 28.0. The van der Waals surface area contributed by atoms with Crippen LogP contribution in [0.25, 0.3) is 0 Å². The summed E-state index contributed by atoms with van der Waals surface area (Å²) >= 11 is 0. The van der Waals surface area contributed by atoms with E-state index in [1.807, 2.05) is 0 Å². The molecule has 1 amide bonds. The lowest BCUT2D eigenvalue weighted by Gasteiger charge is -2.16. The number of carbonyl (C=O) groups is 2. The van der Waals surface area contributed by atoms with E-state index < -0.39 is 46.5 Å². The smallest absolute Gasteiger partial charge is 0.332 e. The van der Waals surface area contributed by atoms with E-state index in [1.54, 1.807) is 6.07 Å². The SMILES string of the molecule is CN(OC(=O)c1c(F)c(F)c(F)c(F)c1F)C(=O)c1ccccc1. The number of nitrogens with zero attached hydrogens (tertiary/aromatic N) is 1. The van der Waals surface area contributed by atoms with Crippen molar-refractivity contribution in [1.29, 1.82) is 0 Å². The van der Waals surface area contributed by atoms with Crippen LogP contribution in [0.3, 0.4) is 0 Å². The van der Waals surface area contributed by atoms with E-state index in [0.717, 1.165) is 7.05 Å². The second-order valence-corrected chi connectivity index (χ2v) is 4.49. The predicted octanol–water partition coefficient (Wildman–Crippen LogP) is 3.23. The Balaban J connectivity index is 2.29. The molecular formula is C15H8F5NO3. The molecule has 24 heavy (non-hydrogen) atoms. The highest BCUT2D eigenvalue weighted by Crippen LogP contribution is 2.24. The molecule has 2 aromatic rings. The summed E-state index contributed by atoms with van der Waals surface area (Å²) < 4.78 is 66.1. The highest BCUT2D eigenvalue weighted by atomic mass is 19.2. The molecule has 0 fully saturated rings. The maximum absolute atomic E-state index is 13.5. The standard InChI is InChI=1S/C15H8F5NO3/c1-21(14(22)7-5-3-2-4-6-7)24-15(23)8-9(16)11(18)13(20)12(19)10(8)17/h2-6H,1H3. The van der Waals surface area contributed by atoms with Crippen LogP contribution in [0.15, 0.2) is 30.3 Å². The summed E-state index contributed by atoms with van der Waals surface area (Å²) in [6, 6.07) is 7.35. The topological polar surface area (TPSA) is 46.6 Å². The van der Waals surface area contributed by atoms with Crippen molar-refractivity contribution in [3.05, 3.63) is 70.5 Å². The minimum atomic E-state index is -2.41. The highest BCUT2D eigenvalue weighted by Gasteiger charge is 2.32. The molecule has 126 valence electrons. The van der Waals surface area contributed by atoms with Crippen LogP contribution in [-0.4, -0.2) is 24.0 Å². The molecule has 0 unspecified atom stereocenters. The first-order chi connectivity index (χ1) is 11.3. The van der Waals surface area contributed by atoms with E-state index >= 15 is 0 Å². The van der Waals surface area contributed by atoms with Crippen molar-refractivity contribution in [1.82, 2.24) is 5.06 Å². The monoisotopic (exact) mass is 345 g/mol. The number of hydrogen-bond donors (Lipinski definition) is 0. The Kier molecular flexibility index (Phi) is 4.82. The number of hydrogen-bond acceptors (Lipinski definition) is 3. The third kappa shape index (κ3) is 3.05. The highest BCUT2D eigenvalue weighted by molar-refractivity contribution is 5.96. The van der Waals surface area contributed by atoms with E-state index in [4.69, 9.17) is 0 Å². The maximum atomic E-state index is 13.5. The van der Waals surface area contributed by atoms with Gasteiger partial charge in [0.2, 0.25) is 5.82 Å². The third-order valence-electron chi connectivity index (χ3n) is 2.94. The Hall–Kier alpha value is -2.97. The molecular weight excluding hydrogens is 337 g/mol. The Morgan fingerprint density at radius 3 is 1.79 bits per heavy atom. The van der Waals surface area contributed by atoms with E-state index in [1.165, 1.54) is 24.3 Å². The van der Waals surface area contributed by atoms with Crippen LogP contribution < -0.4 is 0 Å². The first-order valence-electron chi connectivity index (χ1n) is 6.32. The first-order valence-corrected chi connectivity index (χ1v) is 6.32. The summed E-state index contributed by atoms with van der Waals surface area (Å²) in [6.45, 7) is 0. The van der Waals surface area contributed by atoms with Crippen molar-refractivity contribution in [2.75, 3.05) is 7.05 Å². The molecule has 2 rings (SSSR count). The van der Waals surface area contributed by atoms with E-state index in [-0.39, 0.29) is 5.56 Å². The van der Waals surface area contributed by atoms with Crippen LogP contribution in [0.5, 0.6) is 0 Å². The van der Waals surface area contributed by atoms with E-state index in [2.05, 4.69) is 4.84 Å². The zero-order valence-electron chi connectivity index (χ0n) is 11.9. The molecule has 0 saturated heterocycles. The van der Waals surface area contributed by atoms with Crippen molar-refractivity contribution in [3.63, 3.8) is 0 Å². The quantitative estimate of drug-likeness (QED) is 0.363. The Bertz CT molecular complexity index is 781. The lowest BCUT2D eigenvalue weighted by atomic mass is 10.1. The molecule has 0 aliphatic carbocycles. The van der Waals surface area contributed by atoms with Gasteiger partial charge in [0, 0.05) is 12.6 Å². The Morgan fingerprint density at radius 1 is 0.833 bits per heavy atom. The van der Waals surface area contributed by atoms with Gasteiger partial charge in [-0.2, -0.15) is 5.06 Å². The van der Waals surface area contributed by atoms with Crippen molar-refractivity contribution in [3.8, 4) is 0 Å². The third-order valence-corrected chi connectivity index (χ3v) is 2.94. The van der Waals surface area contributed by atoms with Crippen LogP contribution >= 0.6 is 0 Å². The molecule has 0 spiro atoms. The Labute approximate surface area is 132 Å². The summed E-state index contributed by atoms with van der Waals surface area (Å²) in [6.07, 6.45) is 0. The van der Waals surface area contributed by atoms with Crippen LogP contribution in [0, 0.1) is 29.1 Å². The normalized spacial score (nSPS) is 10.4. The second kappa shape index (κ2) is 6.65. The van der Waals surface area contributed by atoms with Gasteiger partial charge in [0.1, 0.15) is 5.56 Å². The second-order valence-electron chi connectivity index (χ2n) is 4.49. The van der Waals surface area contributed by atoms with Gasteiger partial charge in [0.15, 0.2) is 23.3 Å². The van der Waals surface area contributed by atoms with Gasteiger partial charge in [-0.05, 0) is 12.1 Å². The van der Waals surface area contributed by atoms with Gasteiger partial charge in [0.25, 0.3) is 5.91 Å². The van der Waals surface area contributed by atoms with Crippen molar-refractivity contribution in [2.45, 2.75) is 0 Å². The fourth-order valence-corrected chi connectivity index (χ4v) is 1.76. The van der Waals surface area contributed by atoms with Crippen molar-refractivity contribution < 1.29 is 36.4 Å². The molecule has 0 N–H and O–H groups in total. The van der Waals surface area contributed by atoms with Gasteiger partial charge in [-0.15, -0.1) is 0 Å². The fraction of sp³-hybridized carbons (Fsp3) is 0.0667. The average Bonchev–Trinajstić information content (AvgIpc) is 2.58. The molecule has 0 radical (unpaired) electrons. The predicted molar refractivity (Wildman–Crippen MR) is 70.2 cm³/mol.